The maximum Gasteiger partial charge on any atom is 0.268 e. The van der Waals surface area contributed by atoms with Crippen LogP contribution in [0.4, 0.5) is 0 Å². The summed E-state index contributed by atoms with van der Waals surface area (Å²) in [5.74, 6) is 0. The summed E-state index contributed by atoms with van der Waals surface area (Å²) in [5, 5.41) is 0.801. The predicted molar refractivity (Wildman–Crippen MR) is 80.0 cm³/mol. The van der Waals surface area contributed by atoms with E-state index in [1.807, 2.05) is 52.0 Å². The first kappa shape index (κ1) is 14.2. The van der Waals surface area contributed by atoms with Gasteiger partial charge < -0.3 is 4.89 Å². The lowest BCUT2D eigenvalue weighted by atomic mass is 9.90. The van der Waals surface area contributed by atoms with E-state index in [1.54, 1.807) is 0 Å². The van der Waals surface area contributed by atoms with Crippen LogP contribution in [-0.4, -0.2) is 11.2 Å². The van der Waals surface area contributed by atoms with Crippen LogP contribution in [0.3, 0.4) is 0 Å². The van der Waals surface area contributed by atoms with E-state index in [0.717, 1.165) is 23.7 Å². The fourth-order valence-electron chi connectivity index (χ4n) is 2.59. The summed E-state index contributed by atoms with van der Waals surface area (Å²) in [4.78, 5) is 13.1. The van der Waals surface area contributed by atoms with E-state index in [2.05, 4.69) is 6.07 Å². The lowest BCUT2D eigenvalue weighted by molar-refractivity contribution is -0.208. The van der Waals surface area contributed by atoms with Gasteiger partial charge in [-0.05, 0) is 51.3 Å². The molecule has 0 unspecified atom stereocenters. The number of fused-ring (bicyclic) bond motifs is 1. The molecule has 0 amide bonds. The van der Waals surface area contributed by atoms with Crippen LogP contribution >= 0.6 is 7.94 Å². The van der Waals surface area contributed by atoms with Gasteiger partial charge in [0.25, 0.3) is 7.94 Å². The van der Waals surface area contributed by atoms with Crippen molar-refractivity contribution in [2.45, 2.75) is 51.7 Å². The van der Waals surface area contributed by atoms with Gasteiger partial charge in [0.1, 0.15) is 16.5 Å². The van der Waals surface area contributed by atoms with Gasteiger partial charge in [-0.3, -0.25) is 0 Å². The van der Waals surface area contributed by atoms with Gasteiger partial charge in [0.2, 0.25) is 0 Å². The molecule has 0 spiro atoms. The lowest BCUT2D eigenvalue weighted by Gasteiger charge is -2.27. The zero-order valence-corrected chi connectivity index (χ0v) is 13.4. The highest BCUT2D eigenvalue weighted by Crippen LogP contribution is 2.73. The van der Waals surface area contributed by atoms with Crippen LogP contribution in [-0.2, 0) is 15.5 Å². The third kappa shape index (κ3) is 2.14. The maximum atomic E-state index is 13.1. The van der Waals surface area contributed by atoms with Gasteiger partial charge in [-0.25, -0.2) is 0 Å². The minimum Gasteiger partial charge on any atom is -0.627 e. The van der Waals surface area contributed by atoms with Crippen molar-refractivity contribution < 1.29 is 13.9 Å². The Hall–Kier alpha value is -0.730. The number of hydrogen-bond donors (Lipinski definition) is 0. The first-order valence-corrected chi connectivity index (χ1v) is 8.58. The normalized spacial score (nSPS) is 25.9. The summed E-state index contributed by atoms with van der Waals surface area (Å²) in [6.45, 7) is 7.74. The molecular weight excluding hydrogens is 271 g/mol. The predicted octanol–water partition coefficient (Wildman–Crippen LogP) is 3.70. The molecule has 3 nitrogen and oxygen atoms in total. The molecule has 1 fully saturated rings. The van der Waals surface area contributed by atoms with Crippen LogP contribution in [0.25, 0.3) is 6.08 Å². The first-order valence-electron chi connectivity index (χ1n) is 7.04. The van der Waals surface area contributed by atoms with Crippen LogP contribution in [0.15, 0.2) is 29.6 Å². The summed E-state index contributed by atoms with van der Waals surface area (Å²) in [7, 11) is -3.18. The second-order valence-electron chi connectivity index (χ2n) is 6.54. The second kappa shape index (κ2) is 4.38. The Bertz CT molecular complexity index is 559. The molecule has 0 saturated carbocycles. The molecule has 1 aliphatic carbocycles. The quantitative estimate of drug-likeness (QED) is 0.741. The third-order valence-corrected chi connectivity index (χ3v) is 6.98. The highest BCUT2D eigenvalue weighted by Gasteiger charge is 2.61. The number of aryl methyl sites for hydroxylation is 1. The monoisotopic (exact) mass is 292 g/mol. The van der Waals surface area contributed by atoms with Crippen LogP contribution in [0.1, 0.15) is 45.2 Å². The maximum absolute atomic E-state index is 13.1. The standard InChI is InChI=1S/C16H21O3P/c1-15(2)16(3,4)19-20(17,18-15)14-10-9-12-7-5-6-8-13(12)11-14/h5-8,11H,9-10H2,1-4H3. The van der Waals surface area contributed by atoms with Crippen molar-refractivity contribution >= 4 is 14.0 Å². The largest absolute Gasteiger partial charge is 0.627 e. The zero-order chi connectivity index (χ0) is 14.6. The van der Waals surface area contributed by atoms with Crippen molar-refractivity contribution in [3.05, 3.63) is 40.7 Å². The molecule has 0 aromatic heterocycles. The average molecular weight is 292 g/mol. The first-order chi connectivity index (χ1) is 9.24. The van der Waals surface area contributed by atoms with E-state index in [1.165, 1.54) is 5.56 Å². The molecule has 1 aromatic rings. The van der Waals surface area contributed by atoms with Crippen LogP contribution in [0.2, 0.25) is 0 Å². The number of benzene rings is 1. The molecule has 0 bridgehead atoms. The molecular formula is C16H21O3P. The van der Waals surface area contributed by atoms with Gasteiger partial charge in [0.15, 0.2) is 0 Å². The van der Waals surface area contributed by atoms with Crippen LogP contribution in [0, 0.1) is 0 Å². The van der Waals surface area contributed by atoms with Gasteiger partial charge in [-0.15, -0.1) is 0 Å². The van der Waals surface area contributed by atoms with Crippen molar-refractivity contribution in [2.75, 3.05) is 0 Å². The van der Waals surface area contributed by atoms with Crippen molar-refractivity contribution in [1.29, 1.82) is 0 Å². The number of rotatable bonds is 1. The molecule has 0 N–H and O–H groups in total. The molecule has 0 radical (unpaired) electrons. The summed E-state index contributed by atoms with van der Waals surface area (Å²) < 4.78 is 11.7. The van der Waals surface area contributed by atoms with Crippen LogP contribution in [0.5, 0.6) is 0 Å². The Morgan fingerprint density at radius 3 is 2.25 bits per heavy atom. The summed E-state index contributed by atoms with van der Waals surface area (Å²) in [6, 6.07) is 8.20. The molecule has 0 atom stereocenters. The van der Waals surface area contributed by atoms with Crippen LogP contribution < -0.4 is 4.89 Å². The fourth-order valence-corrected chi connectivity index (χ4v) is 5.19. The third-order valence-electron chi connectivity index (χ3n) is 4.53. The van der Waals surface area contributed by atoms with E-state index in [-0.39, 0.29) is 0 Å². The molecule has 1 aliphatic heterocycles. The Kier molecular flexibility index (Phi) is 3.11. The Labute approximate surface area is 121 Å². The SMILES string of the molecule is CC1(C)O[P+]([O-])(C2=Cc3ccccc3CC2)OC1(C)C. The Balaban J connectivity index is 1.97. The van der Waals surface area contributed by atoms with Crippen molar-refractivity contribution in [1.82, 2.24) is 0 Å². The van der Waals surface area contributed by atoms with E-state index >= 15 is 0 Å². The fraction of sp³-hybridized carbons (Fsp3) is 0.500. The second-order valence-corrected chi connectivity index (χ2v) is 8.47. The molecule has 1 heterocycles. The van der Waals surface area contributed by atoms with Gasteiger partial charge >= 0.3 is 0 Å². The molecule has 2 aliphatic rings. The molecule has 3 rings (SSSR count). The highest BCUT2D eigenvalue weighted by molar-refractivity contribution is 7.64. The van der Waals surface area contributed by atoms with Crippen molar-refractivity contribution in [2.24, 2.45) is 0 Å². The summed E-state index contributed by atoms with van der Waals surface area (Å²) in [5.41, 5.74) is 1.31. The Morgan fingerprint density at radius 2 is 1.60 bits per heavy atom. The minimum atomic E-state index is -3.18. The minimum absolute atomic E-state index is 0.555. The van der Waals surface area contributed by atoms with Gasteiger partial charge in [0, 0.05) is 6.42 Å². The van der Waals surface area contributed by atoms with Gasteiger partial charge in [-0.1, -0.05) is 24.3 Å². The highest BCUT2D eigenvalue weighted by atomic mass is 31.2. The van der Waals surface area contributed by atoms with E-state index < -0.39 is 19.1 Å². The van der Waals surface area contributed by atoms with Crippen molar-refractivity contribution in [3.8, 4) is 0 Å². The molecule has 20 heavy (non-hydrogen) atoms. The average Bonchev–Trinajstić information content (AvgIpc) is 2.53. The van der Waals surface area contributed by atoms with E-state index in [4.69, 9.17) is 9.05 Å². The Morgan fingerprint density at radius 1 is 1.00 bits per heavy atom. The topological polar surface area (TPSA) is 41.5 Å². The number of allylic oxidation sites excluding steroid dienone is 1. The van der Waals surface area contributed by atoms with E-state index in [0.29, 0.717) is 0 Å². The van der Waals surface area contributed by atoms with Crippen molar-refractivity contribution in [3.63, 3.8) is 0 Å². The zero-order valence-electron chi connectivity index (χ0n) is 12.5. The van der Waals surface area contributed by atoms with Gasteiger partial charge in [0.05, 0.1) is 0 Å². The lowest BCUT2D eigenvalue weighted by Crippen LogP contribution is -2.41. The summed E-state index contributed by atoms with van der Waals surface area (Å²) >= 11 is 0. The molecule has 1 saturated heterocycles. The molecule has 108 valence electrons. The van der Waals surface area contributed by atoms with Gasteiger partial charge in [-0.2, -0.15) is 9.05 Å². The molecule has 1 aromatic carbocycles. The molecule has 4 heteroatoms. The van der Waals surface area contributed by atoms with E-state index in [9.17, 15) is 4.89 Å². The summed E-state index contributed by atoms with van der Waals surface area (Å²) in [6.07, 6.45) is 3.61. The number of hydrogen-bond acceptors (Lipinski definition) is 3. The smallest absolute Gasteiger partial charge is 0.268 e.